The first-order chi connectivity index (χ1) is 13.1. The van der Waals surface area contributed by atoms with Crippen LogP contribution < -0.4 is 4.74 Å². The van der Waals surface area contributed by atoms with Crippen molar-refractivity contribution in [2.75, 3.05) is 13.7 Å². The van der Waals surface area contributed by atoms with Crippen molar-refractivity contribution in [1.82, 2.24) is 4.90 Å². The van der Waals surface area contributed by atoms with Crippen molar-refractivity contribution in [3.05, 3.63) is 77.9 Å². The van der Waals surface area contributed by atoms with Crippen LogP contribution in [0, 0.1) is 0 Å². The quantitative estimate of drug-likeness (QED) is 0.555. The number of nitrogens with zero attached hydrogens (tertiary/aromatic N) is 1. The van der Waals surface area contributed by atoms with Gasteiger partial charge in [0.05, 0.1) is 13.7 Å². The predicted octanol–water partition coefficient (Wildman–Crippen LogP) is 3.69. The van der Waals surface area contributed by atoms with Gasteiger partial charge in [-0.05, 0) is 30.7 Å². The van der Waals surface area contributed by atoms with Crippen LogP contribution in [0.3, 0.4) is 0 Å². The highest BCUT2D eigenvalue weighted by molar-refractivity contribution is 6.06. The Morgan fingerprint density at radius 3 is 2.52 bits per heavy atom. The molecule has 0 spiro atoms. The Balaban J connectivity index is 2.09. The first-order valence-corrected chi connectivity index (χ1v) is 8.91. The van der Waals surface area contributed by atoms with Gasteiger partial charge in [-0.2, -0.15) is 0 Å². The molecule has 140 valence electrons. The molecule has 27 heavy (non-hydrogen) atoms. The number of rotatable bonds is 7. The lowest BCUT2D eigenvalue weighted by Gasteiger charge is -2.36. The normalized spacial score (nSPS) is 18.1. The van der Waals surface area contributed by atoms with Crippen molar-refractivity contribution in [3.8, 4) is 5.75 Å². The third kappa shape index (κ3) is 3.10. The topological polar surface area (TPSA) is 55.8 Å². The van der Waals surface area contributed by atoms with E-state index in [0.717, 1.165) is 11.3 Å². The molecule has 0 aliphatic carbocycles. The Kier molecular flexibility index (Phi) is 5.31. The lowest BCUT2D eigenvalue weighted by atomic mass is 9.86. The number of hydrogen-bond acceptors (Lipinski definition) is 4. The molecule has 5 nitrogen and oxygen atoms in total. The maximum Gasteiger partial charge on any atom is 0.337 e. The van der Waals surface area contributed by atoms with Crippen molar-refractivity contribution in [3.63, 3.8) is 0 Å². The molecule has 1 unspecified atom stereocenters. The maximum absolute atomic E-state index is 13.2. The molecule has 2 aromatic rings. The third-order valence-corrected chi connectivity index (χ3v) is 4.86. The molecular formula is C22H23NO4. The fourth-order valence-corrected chi connectivity index (χ4v) is 3.60. The maximum atomic E-state index is 13.2. The number of benzene rings is 2. The van der Waals surface area contributed by atoms with Gasteiger partial charge in [-0.1, -0.05) is 36.4 Å². The standard InChI is InChI=1S/C22H23NO4/c1-4-14-22(21(25)27-5-2)19-9-7-6-8-18(19)20(24)23(22)15-16-10-12-17(26-3)13-11-16/h4,6-13H,1,5,14-15H2,2-3H3. The first-order valence-electron chi connectivity index (χ1n) is 8.91. The minimum Gasteiger partial charge on any atom is -0.497 e. The minimum atomic E-state index is -1.20. The number of esters is 1. The molecule has 1 heterocycles. The molecule has 2 aromatic carbocycles. The van der Waals surface area contributed by atoms with Crippen LogP contribution in [0.4, 0.5) is 0 Å². The van der Waals surface area contributed by atoms with Crippen molar-refractivity contribution in [1.29, 1.82) is 0 Å². The highest BCUT2D eigenvalue weighted by atomic mass is 16.5. The molecule has 0 saturated heterocycles. The van der Waals surface area contributed by atoms with E-state index in [4.69, 9.17) is 9.47 Å². The zero-order chi connectivity index (χ0) is 19.4. The molecule has 5 heteroatoms. The number of ether oxygens (including phenoxy) is 2. The van der Waals surface area contributed by atoms with Gasteiger partial charge in [-0.15, -0.1) is 6.58 Å². The van der Waals surface area contributed by atoms with E-state index in [1.165, 1.54) is 0 Å². The van der Waals surface area contributed by atoms with Gasteiger partial charge in [-0.25, -0.2) is 4.79 Å². The Morgan fingerprint density at radius 1 is 1.19 bits per heavy atom. The van der Waals surface area contributed by atoms with Gasteiger partial charge in [-0.3, -0.25) is 4.79 Å². The van der Waals surface area contributed by atoms with Crippen LogP contribution in [0.15, 0.2) is 61.2 Å². The molecular weight excluding hydrogens is 342 g/mol. The van der Waals surface area contributed by atoms with Crippen molar-refractivity contribution in [2.24, 2.45) is 0 Å². The van der Waals surface area contributed by atoms with E-state index in [9.17, 15) is 9.59 Å². The van der Waals surface area contributed by atoms with E-state index in [2.05, 4.69) is 6.58 Å². The summed E-state index contributed by atoms with van der Waals surface area (Å²) < 4.78 is 10.6. The summed E-state index contributed by atoms with van der Waals surface area (Å²) in [7, 11) is 1.60. The predicted molar refractivity (Wildman–Crippen MR) is 102 cm³/mol. The van der Waals surface area contributed by atoms with Gasteiger partial charge in [0.1, 0.15) is 5.75 Å². The zero-order valence-electron chi connectivity index (χ0n) is 15.6. The van der Waals surface area contributed by atoms with Crippen LogP contribution in [0.2, 0.25) is 0 Å². The lowest BCUT2D eigenvalue weighted by Crippen LogP contribution is -2.50. The SMILES string of the molecule is C=CCC1(C(=O)OCC)c2ccccc2C(=O)N1Cc1ccc(OC)cc1. The van der Waals surface area contributed by atoms with Gasteiger partial charge < -0.3 is 14.4 Å². The third-order valence-electron chi connectivity index (χ3n) is 4.86. The molecule has 1 amide bonds. The molecule has 1 aliphatic heterocycles. The highest BCUT2D eigenvalue weighted by Crippen LogP contribution is 2.44. The van der Waals surface area contributed by atoms with Gasteiger partial charge >= 0.3 is 5.97 Å². The van der Waals surface area contributed by atoms with Crippen LogP contribution in [-0.2, 0) is 21.6 Å². The van der Waals surface area contributed by atoms with E-state index in [1.807, 2.05) is 36.4 Å². The van der Waals surface area contributed by atoms with E-state index in [1.54, 1.807) is 37.1 Å². The molecule has 0 radical (unpaired) electrons. The highest BCUT2D eigenvalue weighted by Gasteiger charge is 2.55. The summed E-state index contributed by atoms with van der Waals surface area (Å²) in [4.78, 5) is 27.9. The molecule has 3 rings (SSSR count). The van der Waals surface area contributed by atoms with Crippen LogP contribution in [-0.4, -0.2) is 30.5 Å². The van der Waals surface area contributed by atoms with Crippen LogP contribution >= 0.6 is 0 Å². The number of fused-ring (bicyclic) bond motifs is 1. The van der Waals surface area contributed by atoms with Gasteiger partial charge in [0.25, 0.3) is 5.91 Å². The second kappa shape index (κ2) is 7.66. The molecule has 0 fully saturated rings. The van der Waals surface area contributed by atoms with Gasteiger partial charge in [0, 0.05) is 24.1 Å². The number of carbonyl (C=O) groups excluding carboxylic acids is 2. The number of carbonyl (C=O) groups is 2. The molecule has 0 N–H and O–H groups in total. The summed E-state index contributed by atoms with van der Waals surface area (Å²) in [6.45, 7) is 6.09. The summed E-state index contributed by atoms with van der Waals surface area (Å²) in [6.07, 6.45) is 1.94. The Morgan fingerprint density at radius 2 is 1.89 bits per heavy atom. The second-order valence-electron chi connectivity index (χ2n) is 6.36. The van der Waals surface area contributed by atoms with Crippen molar-refractivity contribution >= 4 is 11.9 Å². The average molecular weight is 365 g/mol. The minimum absolute atomic E-state index is 0.184. The van der Waals surface area contributed by atoms with Crippen molar-refractivity contribution < 1.29 is 19.1 Å². The molecule has 0 saturated carbocycles. The summed E-state index contributed by atoms with van der Waals surface area (Å²) in [5, 5.41) is 0. The molecule has 0 aromatic heterocycles. The summed E-state index contributed by atoms with van der Waals surface area (Å²) >= 11 is 0. The van der Waals surface area contributed by atoms with Gasteiger partial charge in [0.2, 0.25) is 0 Å². The monoisotopic (exact) mass is 365 g/mol. The van der Waals surface area contributed by atoms with E-state index >= 15 is 0 Å². The van der Waals surface area contributed by atoms with Crippen LogP contribution in [0.1, 0.15) is 34.8 Å². The van der Waals surface area contributed by atoms with Crippen LogP contribution in [0.25, 0.3) is 0 Å². The summed E-state index contributed by atoms with van der Waals surface area (Å²) in [5.74, 6) is 0.116. The van der Waals surface area contributed by atoms with E-state index < -0.39 is 11.5 Å². The van der Waals surface area contributed by atoms with E-state index in [-0.39, 0.29) is 25.5 Å². The van der Waals surface area contributed by atoms with Gasteiger partial charge in [0.15, 0.2) is 5.54 Å². The summed E-state index contributed by atoms with van der Waals surface area (Å²) in [5.41, 5.74) is 0.892. The smallest absolute Gasteiger partial charge is 0.337 e. The zero-order valence-corrected chi connectivity index (χ0v) is 15.6. The fraction of sp³-hybridized carbons (Fsp3) is 0.273. The first kappa shape index (κ1) is 18.7. The summed E-state index contributed by atoms with van der Waals surface area (Å²) in [6, 6.07) is 14.7. The number of hydrogen-bond donors (Lipinski definition) is 0. The molecule has 1 aliphatic rings. The lowest BCUT2D eigenvalue weighted by molar-refractivity contribution is -0.156. The molecule has 1 atom stereocenters. The van der Waals surface area contributed by atoms with Crippen molar-refractivity contribution in [2.45, 2.75) is 25.4 Å². The largest absolute Gasteiger partial charge is 0.497 e. The van der Waals surface area contributed by atoms with Crippen LogP contribution in [0.5, 0.6) is 5.75 Å². The fourth-order valence-electron chi connectivity index (χ4n) is 3.60. The average Bonchev–Trinajstić information content (AvgIpc) is 2.93. The Bertz CT molecular complexity index is 859. The number of methoxy groups -OCH3 is 1. The second-order valence-corrected chi connectivity index (χ2v) is 6.36. The Hall–Kier alpha value is -3.08. The molecule has 0 bridgehead atoms. The van der Waals surface area contributed by atoms with E-state index in [0.29, 0.717) is 11.1 Å². The Labute approximate surface area is 159 Å². The number of amides is 1.